The molecule has 0 unspecified atom stereocenters. The van der Waals surface area contributed by atoms with E-state index in [2.05, 4.69) is 31.6 Å². The van der Waals surface area contributed by atoms with Gasteiger partial charge in [-0.3, -0.25) is 0 Å². The number of nitrogens with zero attached hydrogens (tertiary/aromatic N) is 1. The Morgan fingerprint density at radius 3 is 2.86 bits per heavy atom. The minimum absolute atomic E-state index is 0.385. The fourth-order valence-electron chi connectivity index (χ4n) is 1.52. The third-order valence-corrected chi connectivity index (χ3v) is 2.30. The van der Waals surface area contributed by atoms with Gasteiger partial charge in [-0.2, -0.15) is 0 Å². The fourth-order valence-corrected chi connectivity index (χ4v) is 1.52. The SMILES string of the molecule is C=Cc1ccc2onc(C(C)C)c2c1. The Balaban J connectivity index is 2.69. The number of aromatic nitrogens is 1. The van der Waals surface area contributed by atoms with Gasteiger partial charge in [-0.25, -0.2) is 0 Å². The average Bonchev–Trinajstić information content (AvgIpc) is 2.59. The van der Waals surface area contributed by atoms with Gasteiger partial charge in [0.25, 0.3) is 0 Å². The largest absolute Gasteiger partial charge is 0.356 e. The Kier molecular flexibility index (Phi) is 2.12. The third-order valence-electron chi connectivity index (χ3n) is 2.30. The minimum Gasteiger partial charge on any atom is -0.356 e. The van der Waals surface area contributed by atoms with Gasteiger partial charge in [-0.1, -0.05) is 37.7 Å². The van der Waals surface area contributed by atoms with Crippen LogP contribution in [0.15, 0.2) is 29.3 Å². The van der Waals surface area contributed by atoms with Crippen molar-refractivity contribution in [3.05, 3.63) is 36.0 Å². The normalized spacial score (nSPS) is 11.1. The van der Waals surface area contributed by atoms with Crippen molar-refractivity contribution < 1.29 is 4.52 Å². The van der Waals surface area contributed by atoms with E-state index in [1.54, 1.807) is 0 Å². The molecule has 0 spiro atoms. The first kappa shape index (κ1) is 9.00. The summed E-state index contributed by atoms with van der Waals surface area (Å²) in [5.41, 5.74) is 2.96. The van der Waals surface area contributed by atoms with E-state index in [-0.39, 0.29) is 0 Å². The molecule has 0 radical (unpaired) electrons. The molecule has 0 saturated heterocycles. The standard InChI is InChI=1S/C12H13NO/c1-4-9-5-6-11-10(7-9)12(8(2)3)13-14-11/h4-8H,1H2,2-3H3. The number of hydrogen-bond donors (Lipinski definition) is 0. The fraction of sp³-hybridized carbons (Fsp3) is 0.250. The molecule has 14 heavy (non-hydrogen) atoms. The highest BCUT2D eigenvalue weighted by atomic mass is 16.5. The van der Waals surface area contributed by atoms with Crippen molar-refractivity contribution in [3.8, 4) is 0 Å². The zero-order valence-electron chi connectivity index (χ0n) is 8.45. The van der Waals surface area contributed by atoms with Gasteiger partial charge in [0, 0.05) is 5.39 Å². The van der Waals surface area contributed by atoms with Crippen molar-refractivity contribution in [2.45, 2.75) is 19.8 Å². The summed E-state index contributed by atoms with van der Waals surface area (Å²) in [7, 11) is 0. The highest BCUT2D eigenvalue weighted by Crippen LogP contribution is 2.25. The predicted octanol–water partition coefficient (Wildman–Crippen LogP) is 3.59. The molecule has 1 aromatic carbocycles. The Hall–Kier alpha value is -1.57. The maximum atomic E-state index is 5.23. The van der Waals surface area contributed by atoms with Gasteiger partial charge >= 0.3 is 0 Å². The summed E-state index contributed by atoms with van der Waals surface area (Å²) in [6.07, 6.45) is 1.83. The lowest BCUT2D eigenvalue weighted by Gasteiger charge is -1.98. The molecule has 2 nitrogen and oxygen atoms in total. The van der Waals surface area contributed by atoms with E-state index in [0.29, 0.717) is 5.92 Å². The minimum atomic E-state index is 0.385. The van der Waals surface area contributed by atoms with Crippen LogP contribution in [0.1, 0.15) is 31.0 Å². The van der Waals surface area contributed by atoms with Gasteiger partial charge in [-0.15, -0.1) is 0 Å². The molecule has 0 aliphatic heterocycles. The molecule has 1 aromatic heterocycles. The maximum absolute atomic E-state index is 5.23. The van der Waals surface area contributed by atoms with Crippen LogP contribution < -0.4 is 0 Å². The molecule has 0 amide bonds. The summed E-state index contributed by atoms with van der Waals surface area (Å²) >= 11 is 0. The van der Waals surface area contributed by atoms with E-state index < -0.39 is 0 Å². The van der Waals surface area contributed by atoms with Crippen LogP contribution in [0.2, 0.25) is 0 Å². The topological polar surface area (TPSA) is 26.0 Å². The van der Waals surface area contributed by atoms with Crippen LogP contribution in [0.3, 0.4) is 0 Å². The van der Waals surface area contributed by atoms with Crippen molar-refractivity contribution in [2.75, 3.05) is 0 Å². The van der Waals surface area contributed by atoms with Crippen LogP contribution in [0, 0.1) is 0 Å². The lowest BCUT2D eigenvalue weighted by Crippen LogP contribution is -1.87. The molecule has 0 fully saturated rings. The highest BCUT2D eigenvalue weighted by Gasteiger charge is 2.10. The van der Waals surface area contributed by atoms with Crippen molar-refractivity contribution in [2.24, 2.45) is 0 Å². The predicted molar refractivity (Wildman–Crippen MR) is 58.2 cm³/mol. The summed E-state index contributed by atoms with van der Waals surface area (Å²) in [6.45, 7) is 7.96. The highest BCUT2D eigenvalue weighted by molar-refractivity contribution is 5.82. The zero-order chi connectivity index (χ0) is 10.1. The van der Waals surface area contributed by atoms with E-state index >= 15 is 0 Å². The number of fused-ring (bicyclic) bond motifs is 1. The smallest absolute Gasteiger partial charge is 0.167 e. The van der Waals surface area contributed by atoms with Crippen molar-refractivity contribution in [1.29, 1.82) is 0 Å². The van der Waals surface area contributed by atoms with Gasteiger partial charge in [0.1, 0.15) is 0 Å². The number of benzene rings is 1. The molecule has 1 heterocycles. The van der Waals surface area contributed by atoms with E-state index in [4.69, 9.17) is 4.52 Å². The van der Waals surface area contributed by atoms with Crippen LogP contribution in [0.4, 0.5) is 0 Å². The molecule has 0 aliphatic carbocycles. The molecule has 0 bridgehead atoms. The molecule has 0 aliphatic rings. The second-order valence-electron chi connectivity index (χ2n) is 3.68. The number of hydrogen-bond acceptors (Lipinski definition) is 2. The Morgan fingerprint density at radius 1 is 1.43 bits per heavy atom. The molecule has 0 saturated carbocycles. The Labute approximate surface area is 83.2 Å². The quantitative estimate of drug-likeness (QED) is 0.718. The maximum Gasteiger partial charge on any atom is 0.167 e. The van der Waals surface area contributed by atoms with E-state index in [0.717, 1.165) is 22.2 Å². The Morgan fingerprint density at radius 2 is 2.21 bits per heavy atom. The molecule has 0 N–H and O–H groups in total. The number of rotatable bonds is 2. The molecule has 2 heteroatoms. The molecular formula is C12H13NO. The van der Waals surface area contributed by atoms with Crippen molar-refractivity contribution in [1.82, 2.24) is 5.16 Å². The lowest BCUT2D eigenvalue weighted by molar-refractivity contribution is 0.441. The zero-order valence-corrected chi connectivity index (χ0v) is 8.45. The monoisotopic (exact) mass is 187 g/mol. The van der Waals surface area contributed by atoms with Crippen molar-refractivity contribution >= 4 is 17.0 Å². The van der Waals surface area contributed by atoms with E-state index in [9.17, 15) is 0 Å². The van der Waals surface area contributed by atoms with Gasteiger partial charge in [0.15, 0.2) is 5.58 Å². The van der Waals surface area contributed by atoms with Crippen LogP contribution in [0.5, 0.6) is 0 Å². The van der Waals surface area contributed by atoms with E-state index in [1.165, 1.54) is 0 Å². The summed E-state index contributed by atoms with van der Waals surface area (Å²) in [6, 6.07) is 5.98. The molecule has 72 valence electrons. The van der Waals surface area contributed by atoms with Gasteiger partial charge in [-0.05, 0) is 23.6 Å². The second-order valence-corrected chi connectivity index (χ2v) is 3.68. The summed E-state index contributed by atoms with van der Waals surface area (Å²) < 4.78 is 5.23. The molecular weight excluding hydrogens is 174 g/mol. The van der Waals surface area contributed by atoms with E-state index in [1.807, 2.05) is 18.2 Å². The summed E-state index contributed by atoms with van der Waals surface area (Å²) in [4.78, 5) is 0. The van der Waals surface area contributed by atoms with Gasteiger partial charge in [0.05, 0.1) is 5.69 Å². The van der Waals surface area contributed by atoms with Gasteiger partial charge < -0.3 is 4.52 Å². The average molecular weight is 187 g/mol. The van der Waals surface area contributed by atoms with Crippen LogP contribution in [0.25, 0.3) is 17.0 Å². The van der Waals surface area contributed by atoms with Crippen LogP contribution >= 0.6 is 0 Å². The second kappa shape index (κ2) is 3.29. The van der Waals surface area contributed by atoms with Crippen LogP contribution in [-0.2, 0) is 0 Å². The first-order valence-electron chi connectivity index (χ1n) is 4.74. The molecule has 2 rings (SSSR count). The first-order valence-corrected chi connectivity index (χ1v) is 4.74. The van der Waals surface area contributed by atoms with Crippen molar-refractivity contribution in [3.63, 3.8) is 0 Å². The molecule has 2 aromatic rings. The third kappa shape index (κ3) is 1.33. The lowest BCUT2D eigenvalue weighted by atomic mass is 10.0. The molecule has 0 atom stereocenters. The van der Waals surface area contributed by atoms with Crippen LogP contribution in [-0.4, -0.2) is 5.16 Å². The Bertz CT molecular complexity index is 468. The first-order chi connectivity index (χ1) is 6.72. The van der Waals surface area contributed by atoms with Gasteiger partial charge in [0.2, 0.25) is 0 Å². The summed E-state index contributed by atoms with van der Waals surface area (Å²) in [5.74, 6) is 0.385. The summed E-state index contributed by atoms with van der Waals surface area (Å²) in [5, 5.41) is 5.16.